The number of hydrogen-bond donors (Lipinski definition) is 2. The van der Waals surface area contributed by atoms with Gasteiger partial charge in [0.25, 0.3) is 0 Å². The molecule has 0 saturated carbocycles. The molecule has 0 heterocycles. The third kappa shape index (κ3) is 5.80. The van der Waals surface area contributed by atoms with Crippen LogP contribution in [-0.4, -0.2) is 35.3 Å². The van der Waals surface area contributed by atoms with Crippen LogP contribution < -0.4 is 11.1 Å². The molecule has 0 bridgehead atoms. The molecule has 0 saturated heterocycles. The number of benzene rings is 1. The van der Waals surface area contributed by atoms with Crippen LogP contribution in [-0.2, 0) is 9.59 Å². The number of carbonyl (C=O) groups excluding carboxylic acids is 2. The maximum atomic E-state index is 12.5. The Bertz CT molecular complexity index is 553. The number of anilines is 1. The second-order valence-corrected chi connectivity index (χ2v) is 6.30. The summed E-state index contributed by atoms with van der Waals surface area (Å²) in [5.41, 5.74) is 7.99. The molecule has 6 heteroatoms. The van der Waals surface area contributed by atoms with Crippen molar-refractivity contribution in [2.24, 2.45) is 5.73 Å². The Kier molecular flexibility index (Phi) is 9.01. The zero-order valence-corrected chi connectivity index (χ0v) is 16.1. The fourth-order valence-corrected chi connectivity index (χ4v) is 2.68. The van der Waals surface area contributed by atoms with E-state index in [1.807, 2.05) is 45.9 Å². The molecule has 3 N–H and O–H groups in total. The molecule has 0 aliphatic heterocycles. The molecule has 1 atom stereocenters. The van der Waals surface area contributed by atoms with E-state index in [0.29, 0.717) is 13.0 Å². The van der Waals surface area contributed by atoms with Gasteiger partial charge < -0.3 is 16.0 Å². The van der Waals surface area contributed by atoms with Gasteiger partial charge in [-0.3, -0.25) is 9.59 Å². The van der Waals surface area contributed by atoms with Gasteiger partial charge in [0.05, 0.1) is 12.1 Å². The molecule has 0 fully saturated rings. The van der Waals surface area contributed by atoms with E-state index in [9.17, 15) is 9.59 Å². The standard InChI is InChI=1S/C18H29N3O2.ClH/c1-6-11-18(5,19)17(23)21(7-2)12-15(22)20-16-13(3)9-8-10-14(16)4;/h8-10H,6-7,11-12,19H2,1-5H3,(H,20,22);1H. The number of amides is 2. The average molecular weight is 356 g/mol. The summed E-state index contributed by atoms with van der Waals surface area (Å²) in [6, 6.07) is 5.85. The molecule has 136 valence electrons. The van der Waals surface area contributed by atoms with E-state index in [1.165, 1.54) is 4.90 Å². The zero-order valence-electron chi connectivity index (χ0n) is 15.3. The number of rotatable bonds is 7. The Morgan fingerprint density at radius 1 is 1.21 bits per heavy atom. The van der Waals surface area contributed by atoms with Gasteiger partial charge in [0, 0.05) is 12.2 Å². The van der Waals surface area contributed by atoms with Crippen LogP contribution >= 0.6 is 12.4 Å². The molecule has 2 amide bonds. The van der Waals surface area contributed by atoms with Crippen LogP contribution in [0, 0.1) is 13.8 Å². The molecule has 0 aliphatic rings. The summed E-state index contributed by atoms with van der Waals surface area (Å²) in [6.45, 7) is 9.93. The normalized spacial score (nSPS) is 12.8. The summed E-state index contributed by atoms with van der Waals surface area (Å²) >= 11 is 0. The summed E-state index contributed by atoms with van der Waals surface area (Å²) in [6.07, 6.45) is 1.42. The van der Waals surface area contributed by atoms with Gasteiger partial charge in [-0.25, -0.2) is 0 Å². The van der Waals surface area contributed by atoms with Crippen LogP contribution in [0.1, 0.15) is 44.7 Å². The Morgan fingerprint density at radius 3 is 2.21 bits per heavy atom. The van der Waals surface area contributed by atoms with Crippen molar-refractivity contribution >= 4 is 29.9 Å². The van der Waals surface area contributed by atoms with Gasteiger partial charge in [0.1, 0.15) is 0 Å². The molecule has 5 nitrogen and oxygen atoms in total. The fraction of sp³-hybridized carbons (Fsp3) is 0.556. The molecule has 1 aromatic carbocycles. The summed E-state index contributed by atoms with van der Waals surface area (Å²) in [4.78, 5) is 26.4. The fourth-order valence-electron chi connectivity index (χ4n) is 2.68. The number of nitrogens with one attached hydrogen (secondary N) is 1. The number of halogens is 1. The number of nitrogens with two attached hydrogens (primary N) is 1. The SMILES string of the molecule is CCCC(C)(N)C(=O)N(CC)CC(=O)Nc1c(C)cccc1C.Cl. The van der Waals surface area contributed by atoms with E-state index in [1.54, 1.807) is 6.92 Å². The summed E-state index contributed by atoms with van der Waals surface area (Å²) in [7, 11) is 0. The van der Waals surface area contributed by atoms with Gasteiger partial charge in [-0.1, -0.05) is 31.5 Å². The predicted octanol–water partition coefficient (Wildman–Crippen LogP) is 3.03. The summed E-state index contributed by atoms with van der Waals surface area (Å²) in [5.74, 6) is -0.386. The van der Waals surface area contributed by atoms with E-state index in [0.717, 1.165) is 23.2 Å². The van der Waals surface area contributed by atoms with Crippen LogP contribution in [0.25, 0.3) is 0 Å². The Hall–Kier alpha value is -1.59. The van der Waals surface area contributed by atoms with Crippen molar-refractivity contribution in [3.63, 3.8) is 0 Å². The summed E-state index contributed by atoms with van der Waals surface area (Å²) < 4.78 is 0. The third-order valence-electron chi connectivity index (χ3n) is 4.01. The topological polar surface area (TPSA) is 75.4 Å². The second-order valence-electron chi connectivity index (χ2n) is 6.30. The average Bonchev–Trinajstić information content (AvgIpc) is 2.48. The second kappa shape index (κ2) is 9.64. The Labute approximate surface area is 151 Å². The molecule has 24 heavy (non-hydrogen) atoms. The molecule has 0 aromatic heterocycles. The molecule has 1 aromatic rings. The van der Waals surface area contributed by atoms with Crippen LogP contribution in [0.2, 0.25) is 0 Å². The van der Waals surface area contributed by atoms with Crippen molar-refractivity contribution < 1.29 is 9.59 Å². The van der Waals surface area contributed by atoms with E-state index < -0.39 is 5.54 Å². The van der Waals surface area contributed by atoms with E-state index in [4.69, 9.17) is 5.73 Å². The number of nitrogens with zero attached hydrogens (tertiary/aromatic N) is 1. The predicted molar refractivity (Wildman–Crippen MR) is 102 cm³/mol. The zero-order chi connectivity index (χ0) is 17.6. The molecule has 1 unspecified atom stereocenters. The highest BCUT2D eigenvalue weighted by atomic mass is 35.5. The highest BCUT2D eigenvalue weighted by molar-refractivity contribution is 5.97. The number of likely N-dealkylation sites (N-methyl/N-ethyl adjacent to an activating group) is 1. The molecule has 0 radical (unpaired) electrons. The molecule has 1 rings (SSSR count). The first-order chi connectivity index (χ1) is 10.7. The highest BCUT2D eigenvalue weighted by Gasteiger charge is 2.32. The number of hydrogen-bond acceptors (Lipinski definition) is 3. The van der Waals surface area contributed by atoms with E-state index in [-0.39, 0.29) is 30.8 Å². The largest absolute Gasteiger partial charge is 0.332 e. The minimum Gasteiger partial charge on any atom is -0.332 e. The van der Waals surface area contributed by atoms with Gasteiger partial charge in [-0.15, -0.1) is 12.4 Å². The maximum Gasteiger partial charge on any atom is 0.244 e. The van der Waals surface area contributed by atoms with Crippen LogP contribution in [0.5, 0.6) is 0 Å². The number of carbonyl (C=O) groups is 2. The van der Waals surface area contributed by atoms with Crippen molar-refractivity contribution in [3.8, 4) is 0 Å². The van der Waals surface area contributed by atoms with Crippen molar-refractivity contribution in [1.82, 2.24) is 4.90 Å². The van der Waals surface area contributed by atoms with Gasteiger partial charge in [-0.2, -0.15) is 0 Å². The number of para-hydroxylation sites is 1. The van der Waals surface area contributed by atoms with Gasteiger partial charge in [0.2, 0.25) is 11.8 Å². The van der Waals surface area contributed by atoms with Crippen LogP contribution in [0.4, 0.5) is 5.69 Å². The number of aryl methyl sites for hydroxylation is 2. The monoisotopic (exact) mass is 355 g/mol. The quantitative estimate of drug-likeness (QED) is 0.789. The van der Waals surface area contributed by atoms with E-state index in [2.05, 4.69) is 5.32 Å². The lowest BCUT2D eigenvalue weighted by Gasteiger charge is -2.30. The van der Waals surface area contributed by atoms with Crippen LogP contribution in [0.15, 0.2) is 18.2 Å². The molecule has 0 aliphatic carbocycles. The van der Waals surface area contributed by atoms with E-state index >= 15 is 0 Å². The minimum absolute atomic E-state index is 0. The molecular formula is C18H30ClN3O2. The summed E-state index contributed by atoms with van der Waals surface area (Å²) in [5, 5.41) is 2.91. The van der Waals surface area contributed by atoms with Gasteiger partial charge in [0.15, 0.2) is 0 Å². The van der Waals surface area contributed by atoms with Crippen molar-refractivity contribution in [2.45, 2.75) is 53.0 Å². The highest BCUT2D eigenvalue weighted by Crippen LogP contribution is 2.19. The lowest BCUT2D eigenvalue weighted by Crippen LogP contribution is -2.54. The molecular weight excluding hydrogens is 326 g/mol. The lowest BCUT2D eigenvalue weighted by atomic mass is 9.95. The first kappa shape index (κ1) is 22.4. The maximum absolute atomic E-state index is 12.5. The van der Waals surface area contributed by atoms with Crippen molar-refractivity contribution in [1.29, 1.82) is 0 Å². The Morgan fingerprint density at radius 2 is 1.75 bits per heavy atom. The smallest absolute Gasteiger partial charge is 0.244 e. The van der Waals surface area contributed by atoms with Gasteiger partial charge in [-0.05, 0) is 45.2 Å². The first-order valence-electron chi connectivity index (χ1n) is 8.17. The first-order valence-corrected chi connectivity index (χ1v) is 8.17. The van der Waals surface area contributed by atoms with Gasteiger partial charge >= 0.3 is 0 Å². The third-order valence-corrected chi connectivity index (χ3v) is 4.01. The van der Waals surface area contributed by atoms with Crippen molar-refractivity contribution in [3.05, 3.63) is 29.3 Å². The molecule has 0 spiro atoms. The lowest BCUT2D eigenvalue weighted by molar-refractivity contribution is -0.139. The van der Waals surface area contributed by atoms with Crippen molar-refractivity contribution in [2.75, 3.05) is 18.4 Å². The Balaban J connectivity index is 0.00000529. The minimum atomic E-state index is -0.927. The van der Waals surface area contributed by atoms with Crippen LogP contribution in [0.3, 0.4) is 0 Å².